The van der Waals surface area contributed by atoms with Crippen molar-refractivity contribution in [2.45, 2.75) is 0 Å². The lowest BCUT2D eigenvalue weighted by Crippen LogP contribution is -2.00. The van der Waals surface area contributed by atoms with Gasteiger partial charge in [0.05, 0.1) is 27.9 Å². The molecule has 0 bridgehead atoms. The summed E-state index contributed by atoms with van der Waals surface area (Å²) in [4.78, 5) is 27.4. The monoisotopic (exact) mass is 393 g/mol. The van der Waals surface area contributed by atoms with E-state index in [1.165, 1.54) is 18.2 Å². The predicted octanol–water partition coefficient (Wildman–Crippen LogP) is 4.34. The van der Waals surface area contributed by atoms with E-state index in [4.69, 9.17) is 16.7 Å². The molecule has 4 rings (SSSR count). The van der Waals surface area contributed by atoms with Gasteiger partial charge in [-0.25, -0.2) is 14.6 Å². The summed E-state index contributed by atoms with van der Waals surface area (Å²) in [6.45, 7) is 0. The van der Waals surface area contributed by atoms with Crippen LogP contribution in [0, 0.1) is 0 Å². The molecule has 7 nitrogen and oxygen atoms in total. The number of aromatic amines is 1. The summed E-state index contributed by atoms with van der Waals surface area (Å²) in [7, 11) is 0. The number of aromatic nitrogens is 3. The van der Waals surface area contributed by atoms with Crippen molar-refractivity contribution in [3.05, 3.63) is 70.7 Å². The Bertz CT molecular complexity index is 1210. The van der Waals surface area contributed by atoms with Crippen LogP contribution >= 0.6 is 11.6 Å². The molecule has 0 unspecified atom stereocenters. The number of carbonyl (C=O) groups is 2. The predicted molar refractivity (Wildman–Crippen MR) is 104 cm³/mol. The molecule has 0 aliphatic carbocycles. The lowest BCUT2D eigenvalue weighted by atomic mass is 10.0. The summed E-state index contributed by atoms with van der Waals surface area (Å²) in [6, 6.07) is 14.4. The number of hydrogen-bond acceptors (Lipinski definition) is 4. The third kappa shape index (κ3) is 3.08. The average molecular weight is 394 g/mol. The number of halogens is 1. The Morgan fingerprint density at radius 1 is 0.893 bits per heavy atom. The molecule has 0 fully saturated rings. The zero-order valence-corrected chi connectivity index (χ0v) is 14.9. The molecule has 138 valence electrons. The number of pyridine rings is 1. The Hall–Kier alpha value is -3.71. The maximum Gasteiger partial charge on any atom is 0.336 e. The fraction of sp³-hybridized carbons (Fsp3) is 0. The van der Waals surface area contributed by atoms with Gasteiger partial charge in [-0.2, -0.15) is 5.10 Å². The Balaban J connectivity index is 1.89. The number of hydrogen-bond donors (Lipinski definition) is 3. The zero-order valence-electron chi connectivity index (χ0n) is 14.2. The lowest BCUT2D eigenvalue weighted by molar-refractivity contribution is 0.0687. The van der Waals surface area contributed by atoms with Gasteiger partial charge >= 0.3 is 11.9 Å². The topological polar surface area (TPSA) is 116 Å². The second-order valence-corrected chi connectivity index (χ2v) is 6.48. The van der Waals surface area contributed by atoms with Crippen molar-refractivity contribution in [2.24, 2.45) is 0 Å². The molecule has 2 aromatic carbocycles. The Kier molecular flexibility index (Phi) is 4.29. The van der Waals surface area contributed by atoms with Gasteiger partial charge in [-0.1, -0.05) is 35.9 Å². The highest BCUT2D eigenvalue weighted by atomic mass is 35.5. The van der Waals surface area contributed by atoms with Crippen LogP contribution in [0.15, 0.2) is 54.6 Å². The maximum atomic E-state index is 11.9. The molecule has 2 heterocycles. The van der Waals surface area contributed by atoms with Crippen LogP contribution in [0.3, 0.4) is 0 Å². The Labute approximate surface area is 163 Å². The molecule has 2 aromatic heterocycles. The largest absolute Gasteiger partial charge is 0.478 e. The molecule has 0 saturated carbocycles. The number of H-pyrrole nitrogens is 1. The second kappa shape index (κ2) is 6.79. The van der Waals surface area contributed by atoms with Gasteiger partial charge in [0.15, 0.2) is 5.65 Å². The van der Waals surface area contributed by atoms with Crippen LogP contribution in [0.1, 0.15) is 20.7 Å². The summed E-state index contributed by atoms with van der Waals surface area (Å²) in [5, 5.41) is 26.7. The van der Waals surface area contributed by atoms with E-state index in [9.17, 15) is 14.7 Å². The van der Waals surface area contributed by atoms with Crippen LogP contribution in [-0.2, 0) is 0 Å². The van der Waals surface area contributed by atoms with Crippen LogP contribution in [0.2, 0.25) is 5.02 Å². The number of aromatic carboxylic acids is 2. The number of benzene rings is 2. The molecular formula is C20H12ClN3O4. The van der Waals surface area contributed by atoms with Crippen molar-refractivity contribution < 1.29 is 19.8 Å². The Morgan fingerprint density at radius 2 is 1.54 bits per heavy atom. The number of rotatable bonds is 4. The van der Waals surface area contributed by atoms with Crippen LogP contribution in [0.4, 0.5) is 0 Å². The number of carboxylic acids is 2. The van der Waals surface area contributed by atoms with Gasteiger partial charge in [0.1, 0.15) is 0 Å². The van der Waals surface area contributed by atoms with Crippen LogP contribution in [0.5, 0.6) is 0 Å². The number of nitrogens with zero attached hydrogens (tertiary/aromatic N) is 2. The van der Waals surface area contributed by atoms with Gasteiger partial charge in [0, 0.05) is 16.1 Å². The van der Waals surface area contributed by atoms with Crippen LogP contribution in [-0.4, -0.2) is 37.3 Å². The van der Waals surface area contributed by atoms with Gasteiger partial charge in [-0.05, 0) is 30.3 Å². The average Bonchev–Trinajstić information content (AvgIpc) is 3.12. The standard InChI is InChI=1S/C20H12ClN3O4/c21-13-7-5-11(6-8-13)17-16-14(20(27)28)9-15(22-18(16)24-23-17)10-1-3-12(4-2-10)19(25)26/h1-9H,(H,25,26)(H,27,28)(H,22,23,24). The van der Waals surface area contributed by atoms with E-state index in [1.807, 2.05) is 0 Å². The summed E-state index contributed by atoms with van der Waals surface area (Å²) < 4.78 is 0. The number of nitrogens with one attached hydrogen (secondary N) is 1. The molecule has 0 aliphatic rings. The number of fused-ring (bicyclic) bond motifs is 1. The third-order valence-electron chi connectivity index (χ3n) is 4.31. The third-order valence-corrected chi connectivity index (χ3v) is 4.57. The summed E-state index contributed by atoms with van der Waals surface area (Å²) in [5.41, 5.74) is 2.66. The Morgan fingerprint density at radius 3 is 2.14 bits per heavy atom. The van der Waals surface area contributed by atoms with E-state index in [2.05, 4.69) is 15.2 Å². The van der Waals surface area contributed by atoms with E-state index in [-0.39, 0.29) is 16.8 Å². The first-order chi connectivity index (χ1) is 13.4. The first-order valence-electron chi connectivity index (χ1n) is 8.16. The van der Waals surface area contributed by atoms with Crippen molar-refractivity contribution in [3.63, 3.8) is 0 Å². The summed E-state index contributed by atoms with van der Waals surface area (Å²) >= 11 is 5.92. The normalized spacial score (nSPS) is 10.9. The molecule has 0 spiro atoms. The summed E-state index contributed by atoms with van der Waals surface area (Å²) in [6.07, 6.45) is 0. The minimum absolute atomic E-state index is 0.0426. The quantitative estimate of drug-likeness (QED) is 0.475. The zero-order chi connectivity index (χ0) is 19.8. The lowest BCUT2D eigenvalue weighted by Gasteiger charge is -2.06. The second-order valence-electron chi connectivity index (χ2n) is 6.05. The molecule has 0 radical (unpaired) electrons. The molecular weight excluding hydrogens is 382 g/mol. The van der Waals surface area contributed by atoms with E-state index in [0.29, 0.717) is 27.4 Å². The van der Waals surface area contributed by atoms with Crippen LogP contribution < -0.4 is 0 Å². The molecule has 4 aromatic rings. The highest BCUT2D eigenvalue weighted by molar-refractivity contribution is 6.30. The van der Waals surface area contributed by atoms with E-state index in [0.717, 1.165) is 5.56 Å². The molecule has 0 amide bonds. The molecule has 3 N–H and O–H groups in total. The molecule has 0 saturated heterocycles. The van der Waals surface area contributed by atoms with Crippen molar-refractivity contribution in [1.82, 2.24) is 15.2 Å². The van der Waals surface area contributed by atoms with Gasteiger partial charge in [0.25, 0.3) is 0 Å². The SMILES string of the molecule is O=C(O)c1ccc(-c2cc(C(=O)O)c3c(-c4ccc(Cl)cc4)[nH]nc3n2)cc1. The van der Waals surface area contributed by atoms with Crippen LogP contribution in [0.25, 0.3) is 33.5 Å². The summed E-state index contributed by atoms with van der Waals surface area (Å²) in [5.74, 6) is -2.16. The highest BCUT2D eigenvalue weighted by Gasteiger charge is 2.20. The molecule has 0 aliphatic heterocycles. The highest BCUT2D eigenvalue weighted by Crippen LogP contribution is 2.32. The smallest absolute Gasteiger partial charge is 0.336 e. The van der Waals surface area contributed by atoms with Gasteiger partial charge in [-0.3, -0.25) is 5.10 Å². The molecule has 28 heavy (non-hydrogen) atoms. The van der Waals surface area contributed by atoms with Gasteiger partial charge < -0.3 is 10.2 Å². The van der Waals surface area contributed by atoms with Crippen molar-refractivity contribution in [1.29, 1.82) is 0 Å². The molecule has 8 heteroatoms. The minimum atomic E-state index is -1.12. The van der Waals surface area contributed by atoms with Crippen molar-refractivity contribution in [2.75, 3.05) is 0 Å². The van der Waals surface area contributed by atoms with E-state index < -0.39 is 11.9 Å². The minimum Gasteiger partial charge on any atom is -0.478 e. The van der Waals surface area contributed by atoms with Gasteiger partial charge in [-0.15, -0.1) is 0 Å². The van der Waals surface area contributed by atoms with E-state index in [1.54, 1.807) is 36.4 Å². The first-order valence-corrected chi connectivity index (χ1v) is 8.54. The number of carboxylic acid groups (broad SMARTS) is 2. The van der Waals surface area contributed by atoms with Crippen molar-refractivity contribution in [3.8, 4) is 22.5 Å². The first kappa shape index (κ1) is 17.7. The van der Waals surface area contributed by atoms with Gasteiger partial charge in [0.2, 0.25) is 0 Å². The molecule has 0 atom stereocenters. The fourth-order valence-corrected chi connectivity index (χ4v) is 3.08. The van der Waals surface area contributed by atoms with E-state index >= 15 is 0 Å². The van der Waals surface area contributed by atoms with Crippen molar-refractivity contribution >= 4 is 34.6 Å². The fourth-order valence-electron chi connectivity index (χ4n) is 2.95. The maximum absolute atomic E-state index is 11.9.